The first-order valence-electron chi connectivity index (χ1n) is 4.91. The van der Waals surface area contributed by atoms with Gasteiger partial charge < -0.3 is 15.8 Å². The van der Waals surface area contributed by atoms with E-state index in [1.165, 1.54) is 12.3 Å². The third-order valence-corrected chi connectivity index (χ3v) is 2.05. The van der Waals surface area contributed by atoms with Gasteiger partial charge >= 0.3 is 6.09 Å². The molecule has 0 atom stereocenters. The standard InChI is InChI=1S/C10H12ClN3O3/c11-8-6-7(2-4-13-8)9(15)14-3-1-5-17-10(12)16/h2,4,6H,1,3,5H2,(H2,12,16)(H,14,15). The molecule has 0 spiro atoms. The molecule has 0 unspecified atom stereocenters. The zero-order valence-electron chi connectivity index (χ0n) is 8.98. The fraction of sp³-hybridized carbons (Fsp3) is 0.300. The summed E-state index contributed by atoms with van der Waals surface area (Å²) in [4.78, 5) is 25.6. The number of nitrogens with one attached hydrogen (secondary N) is 1. The molecule has 0 saturated carbocycles. The minimum absolute atomic E-state index is 0.173. The molecule has 0 bridgehead atoms. The van der Waals surface area contributed by atoms with Gasteiger partial charge in [-0.2, -0.15) is 0 Å². The Kier molecular flexibility index (Phi) is 5.22. The fourth-order valence-electron chi connectivity index (χ4n) is 1.09. The average molecular weight is 258 g/mol. The lowest BCUT2D eigenvalue weighted by atomic mass is 10.2. The molecule has 0 aromatic carbocycles. The van der Waals surface area contributed by atoms with Crippen LogP contribution in [0.5, 0.6) is 0 Å². The number of carbonyl (C=O) groups is 2. The molecular formula is C10H12ClN3O3. The maximum atomic E-state index is 11.6. The molecule has 1 rings (SSSR count). The number of nitrogens with two attached hydrogens (primary N) is 1. The van der Waals surface area contributed by atoms with Crippen molar-refractivity contribution in [3.63, 3.8) is 0 Å². The predicted octanol–water partition coefficient (Wildman–Crippen LogP) is 0.950. The number of hydrogen-bond acceptors (Lipinski definition) is 4. The van der Waals surface area contributed by atoms with Crippen molar-refractivity contribution in [2.24, 2.45) is 5.73 Å². The van der Waals surface area contributed by atoms with Gasteiger partial charge in [0.05, 0.1) is 6.61 Å². The van der Waals surface area contributed by atoms with E-state index in [2.05, 4.69) is 15.0 Å². The van der Waals surface area contributed by atoms with Crippen LogP contribution in [-0.2, 0) is 4.74 Å². The SMILES string of the molecule is NC(=O)OCCCNC(=O)c1ccnc(Cl)c1. The molecular weight excluding hydrogens is 246 g/mol. The topological polar surface area (TPSA) is 94.3 Å². The molecule has 1 aromatic rings. The van der Waals surface area contributed by atoms with Gasteiger partial charge in [0.2, 0.25) is 0 Å². The Hall–Kier alpha value is -1.82. The van der Waals surface area contributed by atoms with Crippen molar-refractivity contribution in [2.45, 2.75) is 6.42 Å². The number of pyridine rings is 1. The van der Waals surface area contributed by atoms with Crippen LogP contribution >= 0.6 is 11.6 Å². The molecule has 92 valence electrons. The minimum atomic E-state index is -0.822. The second-order valence-electron chi connectivity index (χ2n) is 3.14. The lowest BCUT2D eigenvalue weighted by Gasteiger charge is -2.05. The van der Waals surface area contributed by atoms with Crippen molar-refractivity contribution in [3.05, 3.63) is 29.0 Å². The highest BCUT2D eigenvalue weighted by Crippen LogP contribution is 2.06. The fourth-order valence-corrected chi connectivity index (χ4v) is 1.27. The highest BCUT2D eigenvalue weighted by Gasteiger charge is 2.05. The molecule has 7 heteroatoms. The Labute approximate surface area is 103 Å². The molecule has 2 amide bonds. The van der Waals surface area contributed by atoms with Crippen molar-refractivity contribution >= 4 is 23.6 Å². The summed E-state index contributed by atoms with van der Waals surface area (Å²) < 4.78 is 4.50. The number of halogens is 1. The highest BCUT2D eigenvalue weighted by atomic mass is 35.5. The van der Waals surface area contributed by atoms with E-state index in [-0.39, 0.29) is 17.7 Å². The Morgan fingerprint density at radius 3 is 2.94 bits per heavy atom. The zero-order chi connectivity index (χ0) is 12.7. The lowest BCUT2D eigenvalue weighted by Crippen LogP contribution is -2.26. The normalized spacial score (nSPS) is 9.71. The first kappa shape index (κ1) is 13.2. The van der Waals surface area contributed by atoms with Gasteiger partial charge in [-0.15, -0.1) is 0 Å². The van der Waals surface area contributed by atoms with E-state index in [0.717, 1.165) is 0 Å². The summed E-state index contributed by atoms with van der Waals surface area (Å²) in [6.45, 7) is 0.554. The van der Waals surface area contributed by atoms with Crippen LogP contribution in [0.3, 0.4) is 0 Å². The van der Waals surface area contributed by atoms with Gasteiger partial charge in [0.15, 0.2) is 0 Å². The maximum Gasteiger partial charge on any atom is 0.404 e. The molecule has 3 N–H and O–H groups in total. The van der Waals surface area contributed by atoms with Crippen LogP contribution in [0, 0.1) is 0 Å². The number of ether oxygens (including phenoxy) is 1. The average Bonchev–Trinajstić information content (AvgIpc) is 2.28. The van der Waals surface area contributed by atoms with Gasteiger partial charge in [-0.25, -0.2) is 9.78 Å². The maximum absolute atomic E-state index is 11.6. The lowest BCUT2D eigenvalue weighted by molar-refractivity contribution is 0.0950. The van der Waals surface area contributed by atoms with Crippen LogP contribution in [0.25, 0.3) is 0 Å². The highest BCUT2D eigenvalue weighted by molar-refractivity contribution is 6.29. The summed E-state index contributed by atoms with van der Waals surface area (Å²) in [5.41, 5.74) is 5.20. The van der Waals surface area contributed by atoms with Gasteiger partial charge in [-0.05, 0) is 18.6 Å². The first-order chi connectivity index (χ1) is 8.09. The van der Waals surface area contributed by atoms with Crippen LogP contribution < -0.4 is 11.1 Å². The first-order valence-corrected chi connectivity index (χ1v) is 5.29. The second-order valence-corrected chi connectivity index (χ2v) is 3.53. The number of carbonyl (C=O) groups excluding carboxylic acids is 2. The second kappa shape index (κ2) is 6.70. The van der Waals surface area contributed by atoms with E-state index in [1.54, 1.807) is 6.07 Å². The molecule has 0 aliphatic heterocycles. The summed E-state index contributed by atoms with van der Waals surface area (Å²) in [6.07, 6.45) is 1.12. The Morgan fingerprint density at radius 2 is 2.29 bits per heavy atom. The van der Waals surface area contributed by atoms with Gasteiger partial charge in [0.25, 0.3) is 5.91 Å². The van der Waals surface area contributed by atoms with E-state index in [0.29, 0.717) is 18.5 Å². The summed E-state index contributed by atoms with van der Waals surface area (Å²) in [5, 5.41) is 2.90. The monoisotopic (exact) mass is 257 g/mol. The predicted molar refractivity (Wildman–Crippen MR) is 61.7 cm³/mol. The van der Waals surface area contributed by atoms with Gasteiger partial charge in [0.1, 0.15) is 5.15 Å². The largest absolute Gasteiger partial charge is 0.450 e. The number of nitrogens with zero attached hydrogens (tertiary/aromatic N) is 1. The van der Waals surface area contributed by atoms with Crippen LogP contribution in [-0.4, -0.2) is 30.1 Å². The number of aromatic nitrogens is 1. The van der Waals surface area contributed by atoms with Crippen LogP contribution in [0.4, 0.5) is 4.79 Å². The summed E-state index contributed by atoms with van der Waals surface area (Å²) in [6, 6.07) is 3.03. The Morgan fingerprint density at radius 1 is 1.53 bits per heavy atom. The summed E-state index contributed by atoms with van der Waals surface area (Å²) in [5.74, 6) is -0.256. The van der Waals surface area contributed by atoms with Crippen LogP contribution in [0.1, 0.15) is 16.8 Å². The van der Waals surface area contributed by atoms with Gasteiger partial charge in [0, 0.05) is 18.3 Å². The third-order valence-electron chi connectivity index (χ3n) is 1.84. The van der Waals surface area contributed by atoms with E-state index in [1.807, 2.05) is 0 Å². The zero-order valence-corrected chi connectivity index (χ0v) is 9.74. The Bertz CT molecular complexity index is 412. The van der Waals surface area contributed by atoms with E-state index >= 15 is 0 Å². The molecule has 0 aliphatic carbocycles. The molecule has 17 heavy (non-hydrogen) atoms. The van der Waals surface area contributed by atoms with E-state index in [9.17, 15) is 9.59 Å². The van der Waals surface area contributed by atoms with E-state index < -0.39 is 6.09 Å². The van der Waals surface area contributed by atoms with Gasteiger partial charge in [-0.3, -0.25) is 4.79 Å². The van der Waals surface area contributed by atoms with Crippen molar-refractivity contribution < 1.29 is 14.3 Å². The van der Waals surface area contributed by atoms with E-state index in [4.69, 9.17) is 17.3 Å². The molecule has 0 aliphatic rings. The molecule has 0 saturated heterocycles. The minimum Gasteiger partial charge on any atom is -0.450 e. The third kappa shape index (κ3) is 5.17. The smallest absolute Gasteiger partial charge is 0.404 e. The van der Waals surface area contributed by atoms with Crippen molar-refractivity contribution in [2.75, 3.05) is 13.2 Å². The number of primary amides is 1. The number of hydrogen-bond donors (Lipinski definition) is 2. The quantitative estimate of drug-likeness (QED) is 0.606. The number of rotatable bonds is 5. The molecule has 0 fully saturated rings. The van der Waals surface area contributed by atoms with Crippen LogP contribution in [0.15, 0.2) is 18.3 Å². The van der Waals surface area contributed by atoms with Crippen LogP contribution in [0.2, 0.25) is 5.15 Å². The Balaban J connectivity index is 2.28. The molecule has 0 radical (unpaired) electrons. The summed E-state index contributed by atoms with van der Waals surface area (Å²) in [7, 11) is 0. The summed E-state index contributed by atoms with van der Waals surface area (Å²) >= 11 is 5.65. The van der Waals surface area contributed by atoms with Crippen molar-refractivity contribution in [1.29, 1.82) is 0 Å². The van der Waals surface area contributed by atoms with Crippen molar-refractivity contribution in [1.82, 2.24) is 10.3 Å². The van der Waals surface area contributed by atoms with Crippen molar-refractivity contribution in [3.8, 4) is 0 Å². The molecule has 6 nitrogen and oxygen atoms in total. The molecule has 1 aromatic heterocycles. The molecule has 1 heterocycles. The number of amides is 2. The van der Waals surface area contributed by atoms with Gasteiger partial charge in [-0.1, -0.05) is 11.6 Å².